The summed E-state index contributed by atoms with van der Waals surface area (Å²) in [5, 5.41) is 18.2. The van der Waals surface area contributed by atoms with E-state index in [0.717, 1.165) is 15.3 Å². The van der Waals surface area contributed by atoms with E-state index >= 15 is 0 Å². The number of aliphatic hydroxyl groups excluding tert-OH is 1. The van der Waals surface area contributed by atoms with Crippen LogP contribution in [0.5, 0.6) is 0 Å². The van der Waals surface area contributed by atoms with Gasteiger partial charge in [0.15, 0.2) is 0 Å². The molecule has 1 rings (SSSR count). The molecule has 3 nitrogen and oxygen atoms in total. The average Bonchev–Trinajstić information content (AvgIpc) is 2.41. The Labute approximate surface area is 87.0 Å². The lowest BCUT2D eigenvalue weighted by Crippen LogP contribution is -2.01. The minimum Gasteiger partial charge on any atom is -0.481 e. The van der Waals surface area contributed by atoms with Gasteiger partial charge in [0.1, 0.15) is 0 Å². The lowest BCUT2D eigenvalue weighted by Gasteiger charge is -2.07. The van der Waals surface area contributed by atoms with Crippen LogP contribution >= 0.6 is 11.3 Å². The molecule has 0 aliphatic rings. The van der Waals surface area contributed by atoms with Crippen molar-refractivity contribution in [1.29, 1.82) is 0 Å². The van der Waals surface area contributed by atoms with Crippen LogP contribution in [0.25, 0.3) is 0 Å². The molecule has 0 aliphatic heterocycles. The second-order valence-electron chi connectivity index (χ2n) is 3.35. The summed E-state index contributed by atoms with van der Waals surface area (Å²) < 4.78 is 0. The predicted octanol–water partition coefficient (Wildman–Crippen LogP) is 2.26. The van der Waals surface area contributed by atoms with E-state index in [1.165, 1.54) is 11.3 Å². The van der Waals surface area contributed by atoms with Gasteiger partial charge in [-0.1, -0.05) is 0 Å². The molecule has 14 heavy (non-hydrogen) atoms. The highest BCUT2D eigenvalue weighted by Crippen LogP contribution is 2.29. The van der Waals surface area contributed by atoms with Gasteiger partial charge in [-0.2, -0.15) is 0 Å². The standard InChI is InChI=1S/C10H14O3S/c1-6-5-7(2)14-10(6)8(11)3-4-9(12)13/h5,8,11H,3-4H2,1-2H3,(H,12,13). The summed E-state index contributed by atoms with van der Waals surface area (Å²) in [6, 6.07) is 2.00. The van der Waals surface area contributed by atoms with Crippen LogP contribution < -0.4 is 0 Å². The molecule has 0 radical (unpaired) electrons. The van der Waals surface area contributed by atoms with Crippen molar-refractivity contribution in [3.8, 4) is 0 Å². The minimum absolute atomic E-state index is 0.0115. The fourth-order valence-corrected chi connectivity index (χ4v) is 2.44. The molecule has 2 N–H and O–H groups in total. The second kappa shape index (κ2) is 4.57. The summed E-state index contributed by atoms with van der Waals surface area (Å²) in [4.78, 5) is 12.4. The molecule has 0 bridgehead atoms. The smallest absolute Gasteiger partial charge is 0.303 e. The summed E-state index contributed by atoms with van der Waals surface area (Å²) in [6.07, 6.45) is -0.335. The van der Waals surface area contributed by atoms with Crippen LogP contribution in [0.1, 0.15) is 34.3 Å². The topological polar surface area (TPSA) is 57.5 Å². The molecule has 1 aromatic heterocycles. The first-order valence-electron chi connectivity index (χ1n) is 4.47. The number of thiophene rings is 1. The van der Waals surface area contributed by atoms with Gasteiger partial charge in [-0.3, -0.25) is 4.79 Å². The Morgan fingerprint density at radius 1 is 1.57 bits per heavy atom. The van der Waals surface area contributed by atoms with Gasteiger partial charge in [-0.05, 0) is 31.9 Å². The first kappa shape index (κ1) is 11.2. The van der Waals surface area contributed by atoms with E-state index in [-0.39, 0.29) is 12.8 Å². The van der Waals surface area contributed by atoms with E-state index in [1.54, 1.807) is 0 Å². The lowest BCUT2D eigenvalue weighted by molar-refractivity contribution is -0.137. The van der Waals surface area contributed by atoms with E-state index in [0.29, 0.717) is 0 Å². The maximum Gasteiger partial charge on any atom is 0.303 e. The summed E-state index contributed by atoms with van der Waals surface area (Å²) >= 11 is 1.53. The third-order valence-corrected chi connectivity index (χ3v) is 3.27. The molecule has 78 valence electrons. The highest BCUT2D eigenvalue weighted by atomic mass is 32.1. The number of carboxylic acid groups (broad SMARTS) is 1. The van der Waals surface area contributed by atoms with Crippen molar-refractivity contribution >= 4 is 17.3 Å². The minimum atomic E-state index is -0.866. The number of aliphatic hydroxyl groups is 1. The molecule has 1 atom stereocenters. The van der Waals surface area contributed by atoms with Gasteiger partial charge in [0, 0.05) is 16.2 Å². The van der Waals surface area contributed by atoms with Crippen molar-refractivity contribution < 1.29 is 15.0 Å². The van der Waals surface area contributed by atoms with Gasteiger partial charge in [0.2, 0.25) is 0 Å². The maximum absolute atomic E-state index is 10.3. The van der Waals surface area contributed by atoms with Crippen LogP contribution in [-0.2, 0) is 4.79 Å². The van der Waals surface area contributed by atoms with E-state index in [2.05, 4.69) is 0 Å². The molecule has 1 unspecified atom stereocenters. The SMILES string of the molecule is Cc1cc(C)c(C(O)CCC(=O)O)s1. The number of carboxylic acids is 1. The Morgan fingerprint density at radius 3 is 2.64 bits per heavy atom. The van der Waals surface area contributed by atoms with E-state index < -0.39 is 12.1 Å². The fraction of sp³-hybridized carbons (Fsp3) is 0.500. The summed E-state index contributed by atoms with van der Waals surface area (Å²) in [7, 11) is 0. The van der Waals surface area contributed by atoms with Crippen molar-refractivity contribution in [2.24, 2.45) is 0 Å². The van der Waals surface area contributed by atoms with Crippen LogP contribution in [0.4, 0.5) is 0 Å². The summed E-state index contributed by atoms with van der Waals surface area (Å²) in [5.74, 6) is -0.866. The van der Waals surface area contributed by atoms with Crippen molar-refractivity contribution in [3.63, 3.8) is 0 Å². The van der Waals surface area contributed by atoms with Gasteiger partial charge in [-0.15, -0.1) is 11.3 Å². The molecule has 4 heteroatoms. The lowest BCUT2D eigenvalue weighted by atomic mass is 10.1. The molecule has 0 aromatic carbocycles. The molecule has 0 amide bonds. The third kappa shape index (κ3) is 2.82. The Hall–Kier alpha value is -0.870. The molecular formula is C10H14O3S. The normalized spacial score (nSPS) is 12.8. The van der Waals surface area contributed by atoms with Crippen molar-refractivity contribution in [3.05, 3.63) is 21.4 Å². The summed E-state index contributed by atoms with van der Waals surface area (Å²) in [5.41, 5.74) is 1.05. The van der Waals surface area contributed by atoms with Crippen LogP contribution in [-0.4, -0.2) is 16.2 Å². The van der Waals surface area contributed by atoms with Gasteiger partial charge < -0.3 is 10.2 Å². The van der Waals surface area contributed by atoms with Gasteiger partial charge in [0.05, 0.1) is 6.10 Å². The Kier molecular flexibility index (Phi) is 3.66. The molecule has 0 spiro atoms. The number of rotatable bonds is 4. The van der Waals surface area contributed by atoms with Crippen molar-refractivity contribution in [2.45, 2.75) is 32.8 Å². The quantitative estimate of drug-likeness (QED) is 0.808. The van der Waals surface area contributed by atoms with E-state index in [4.69, 9.17) is 5.11 Å². The highest BCUT2D eigenvalue weighted by Gasteiger charge is 2.14. The number of aliphatic carboxylic acids is 1. The monoisotopic (exact) mass is 214 g/mol. The molecular weight excluding hydrogens is 200 g/mol. The van der Waals surface area contributed by atoms with Crippen LogP contribution in [0.2, 0.25) is 0 Å². The average molecular weight is 214 g/mol. The first-order valence-corrected chi connectivity index (χ1v) is 5.29. The maximum atomic E-state index is 10.3. The number of carbonyl (C=O) groups is 1. The fourth-order valence-electron chi connectivity index (χ4n) is 1.38. The van der Waals surface area contributed by atoms with Crippen molar-refractivity contribution in [2.75, 3.05) is 0 Å². The first-order chi connectivity index (χ1) is 6.50. The molecule has 0 aliphatic carbocycles. The van der Waals surface area contributed by atoms with Gasteiger partial charge in [-0.25, -0.2) is 0 Å². The highest BCUT2D eigenvalue weighted by molar-refractivity contribution is 7.12. The second-order valence-corrected chi connectivity index (χ2v) is 4.64. The zero-order chi connectivity index (χ0) is 10.7. The Bertz CT molecular complexity index is 330. The van der Waals surface area contributed by atoms with E-state index in [9.17, 15) is 9.90 Å². The predicted molar refractivity (Wildman–Crippen MR) is 55.6 cm³/mol. The molecule has 0 saturated carbocycles. The zero-order valence-electron chi connectivity index (χ0n) is 8.28. The zero-order valence-corrected chi connectivity index (χ0v) is 9.10. The number of hydrogen-bond donors (Lipinski definition) is 2. The van der Waals surface area contributed by atoms with Gasteiger partial charge in [0.25, 0.3) is 0 Å². The van der Waals surface area contributed by atoms with Crippen LogP contribution in [0.3, 0.4) is 0 Å². The van der Waals surface area contributed by atoms with Crippen LogP contribution in [0, 0.1) is 13.8 Å². The molecule has 0 fully saturated rings. The largest absolute Gasteiger partial charge is 0.481 e. The van der Waals surface area contributed by atoms with E-state index in [1.807, 2.05) is 19.9 Å². The van der Waals surface area contributed by atoms with Crippen LogP contribution in [0.15, 0.2) is 6.07 Å². The number of aryl methyl sites for hydroxylation is 2. The Morgan fingerprint density at radius 2 is 2.21 bits per heavy atom. The van der Waals surface area contributed by atoms with Gasteiger partial charge >= 0.3 is 5.97 Å². The third-order valence-electron chi connectivity index (χ3n) is 2.01. The molecule has 0 saturated heterocycles. The summed E-state index contributed by atoms with van der Waals surface area (Å²) in [6.45, 7) is 3.91. The molecule has 1 heterocycles. The Balaban J connectivity index is 2.64. The van der Waals surface area contributed by atoms with Crippen molar-refractivity contribution in [1.82, 2.24) is 0 Å². The number of hydrogen-bond acceptors (Lipinski definition) is 3. The molecule has 1 aromatic rings.